The first-order valence-electron chi connectivity index (χ1n) is 4.79. The van der Waals surface area contributed by atoms with Crippen molar-refractivity contribution in [2.75, 3.05) is 11.5 Å². The number of anilines is 2. The normalized spacial score (nSPS) is 16.3. The minimum Gasteiger partial charge on any atom is -0.397 e. The Balaban J connectivity index is 2.37. The number of para-hydroxylation sites is 1. The van der Waals surface area contributed by atoms with E-state index in [9.17, 15) is 0 Å². The molecular weight excluding hydrogens is 176 g/mol. The standard InChI is InChI=1S/C10H12N4/c11-7-2-1-3-8-9(7)13-10(12)14(8)6-4-5-6/h1-3,6H,4-5,11H2,(H2,12,13). The molecule has 14 heavy (non-hydrogen) atoms. The molecule has 0 bridgehead atoms. The minimum atomic E-state index is 0.543. The van der Waals surface area contributed by atoms with Crippen molar-refractivity contribution in [3.63, 3.8) is 0 Å². The van der Waals surface area contributed by atoms with Crippen LogP contribution in [0.2, 0.25) is 0 Å². The van der Waals surface area contributed by atoms with Gasteiger partial charge in [-0.3, -0.25) is 0 Å². The first kappa shape index (κ1) is 7.67. The number of rotatable bonds is 1. The van der Waals surface area contributed by atoms with E-state index in [1.54, 1.807) is 0 Å². The summed E-state index contributed by atoms with van der Waals surface area (Å²) >= 11 is 0. The van der Waals surface area contributed by atoms with Crippen LogP contribution in [0.3, 0.4) is 0 Å². The van der Waals surface area contributed by atoms with Gasteiger partial charge in [0.2, 0.25) is 5.95 Å². The van der Waals surface area contributed by atoms with Gasteiger partial charge in [-0.2, -0.15) is 0 Å². The van der Waals surface area contributed by atoms with Crippen molar-refractivity contribution in [2.24, 2.45) is 0 Å². The zero-order valence-corrected chi connectivity index (χ0v) is 7.77. The van der Waals surface area contributed by atoms with Crippen LogP contribution in [0.15, 0.2) is 18.2 Å². The van der Waals surface area contributed by atoms with Crippen LogP contribution in [0.5, 0.6) is 0 Å². The number of hydrogen-bond acceptors (Lipinski definition) is 3. The van der Waals surface area contributed by atoms with Crippen molar-refractivity contribution in [1.82, 2.24) is 9.55 Å². The second-order valence-corrected chi connectivity index (χ2v) is 3.79. The van der Waals surface area contributed by atoms with Crippen LogP contribution < -0.4 is 11.5 Å². The molecule has 0 unspecified atom stereocenters. The monoisotopic (exact) mass is 188 g/mol. The van der Waals surface area contributed by atoms with Crippen molar-refractivity contribution in [3.8, 4) is 0 Å². The minimum absolute atomic E-state index is 0.543. The van der Waals surface area contributed by atoms with Crippen LogP contribution in [0.25, 0.3) is 11.0 Å². The Kier molecular flexibility index (Phi) is 1.32. The van der Waals surface area contributed by atoms with Gasteiger partial charge in [0.15, 0.2) is 0 Å². The Bertz CT molecular complexity index is 496. The lowest BCUT2D eigenvalue weighted by Crippen LogP contribution is -2.00. The third-order valence-corrected chi connectivity index (χ3v) is 2.69. The van der Waals surface area contributed by atoms with Crippen molar-refractivity contribution in [1.29, 1.82) is 0 Å². The van der Waals surface area contributed by atoms with Crippen molar-refractivity contribution >= 4 is 22.7 Å². The van der Waals surface area contributed by atoms with E-state index in [4.69, 9.17) is 11.5 Å². The predicted octanol–water partition coefficient (Wildman–Crippen LogP) is 1.54. The van der Waals surface area contributed by atoms with Crippen LogP contribution in [0.1, 0.15) is 18.9 Å². The Hall–Kier alpha value is -1.71. The number of aromatic nitrogens is 2. The summed E-state index contributed by atoms with van der Waals surface area (Å²) in [5.74, 6) is 0.584. The van der Waals surface area contributed by atoms with Gasteiger partial charge in [-0.05, 0) is 25.0 Å². The molecule has 72 valence electrons. The molecule has 2 aromatic rings. The van der Waals surface area contributed by atoms with Crippen molar-refractivity contribution < 1.29 is 0 Å². The van der Waals surface area contributed by atoms with E-state index in [0.717, 1.165) is 11.0 Å². The average molecular weight is 188 g/mol. The maximum absolute atomic E-state index is 5.86. The number of nitrogens with two attached hydrogens (primary N) is 2. The second-order valence-electron chi connectivity index (χ2n) is 3.79. The lowest BCUT2D eigenvalue weighted by Gasteiger charge is -2.02. The molecule has 0 spiro atoms. The highest BCUT2D eigenvalue weighted by Crippen LogP contribution is 2.40. The van der Waals surface area contributed by atoms with Gasteiger partial charge >= 0.3 is 0 Å². The topological polar surface area (TPSA) is 69.9 Å². The highest BCUT2D eigenvalue weighted by Gasteiger charge is 2.27. The largest absolute Gasteiger partial charge is 0.397 e. The molecule has 0 saturated heterocycles. The molecule has 1 heterocycles. The zero-order chi connectivity index (χ0) is 9.71. The number of nitrogens with zero attached hydrogens (tertiary/aromatic N) is 2. The van der Waals surface area contributed by atoms with E-state index in [1.165, 1.54) is 12.8 Å². The van der Waals surface area contributed by atoms with E-state index in [2.05, 4.69) is 9.55 Å². The molecule has 1 aliphatic carbocycles. The Morgan fingerprint density at radius 1 is 1.29 bits per heavy atom. The van der Waals surface area contributed by atoms with Crippen LogP contribution in [0, 0.1) is 0 Å². The van der Waals surface area contributed by atoms with Gasteiger partial charge in [-0.25, -0.2) is 4.98 Å². The van der Waals surface area contributed by atoms with Crippen LogP contribution in [-0.2, 0) is 0 Å². The summed E-state index contributed by atoms with van der Waals surface area (Å²) in [6, 6.07) is 6.36. The third kappa shape index (κ3) is 0.907. The summed E-state index contributed by atoms with van der Waals surface area (Å²) in [5, 5.41) is 0. The fourth-order valence-corrected chi connectivity index (χ4v) is 1.87. The zero-order valence-electron chi connectivity index (χ0n) is 7.77. The molecule has 0 amide bonds. The summed E-state index contributed by atoms with van der Waals surface area (Å²) in [4.78, 5) is 4.29. The number of fused-ring (bicyclic) bond motifs is 1. The SMILES string of the molecule is Nc1cccc2c1nc(N)n2C1CC1. The molecule has 0 atom stereocenters. The van der Waals surface area contributed by atoms with Gasteiger partial charge in [0, 0.05) is 6.04 Å². The lowest BCUT2D eigenvalue weighted by molar-refractivity contribution is 0.779. The first-order valence-corrected chi connectivity index (χ1v) is 4.79. The summed E-state index contributed by atoms with van der Waals surface area (Å²) in [6.07, 6.45) is 2.40. The molecule has 3 rings (SSSR count). The van der Waals surface area contributed by atoms with Crippen LogP contribution in [0.4, 0.5) is 11.6 Å². The third-order valence-electron chi connectivity index (χ3n) is 2.69. The van der Waals surface area contributed by atoms with Gasteiger partial charge in [-0.15, -0.1) is 0 Å². The highest BCUT2D eigenvalue weighted by molar-refractivity contribution is 5.89. The summed E-state index contributed by atoms with van der Waals surface area (Å²) < 4.78 is 2.09. The molecule has 1 aliphatic rings. The summed E-state index contributed by atoms with van der Waals surface area (Å²) in [5.41, 5.74) is 14.3. The van der Waals surface area contributed by atoms with Gasteiger partial charge < -0.3 is 16.0 Å². The maximum atomic E-state index is 5.86. The van der Waals surface area contributed by atoms with Gasteiger partial charge in [0.05, 0.1) is 11.2 Å². The molecule has 1 saturated carbocycles. The van der Waals surface area contributed by atoms with Gasteiger partial charge in [0.1, 0.15) is 5.52 Å². The Morgan fingerprint density at radius 3 is 2.79 bits per heavy atom. The smallest absolute Gasteiger partial charge is 0.201 e. The summed E-state index contributed by atoms with van der Waals surface area (Å²) in [7, 11) is 0. The molecule has 0 aliphatic heterocycles. The Morgan fingerprint density at radius 2 is 2.07 bits per heavy atom. The number of hydrogen-bond donors (Lipinski definition) is 2. The van der Waals surface area contributed by atoms with E-state index in [1.807, 2.05) is 18.2 Å². The number of nitrogen functional groups attached to an aromatic ring is 2. The number of imidazole rings is 1. The van der Waals surface area contributed by atoms with E-state index < -0.39 is 0 Å². The second kappa shape index (κ2) is 2.41. The molecule has 1 aromatic heterocycles. The van der Waals surface area contributed by atoms with E-state index >= 15 is 0 Å². The molecule has 0 radical (unpaired) electrons. The molecule has 4 nitrogen and oxygen atoms in total. The van der Waals surface area contributed by atoms with E-state index in [0.29, 0.717) is 17.7 Å². The van der Waals surface area contributed by atoms with Crippen LogP contribution >= 0.6 is 0 Å². The molecule has 4 heteroatoms. The highest BCUT2D eigenvalue weighted by atomic mass is 15.2. The predicted molar refractivity (Wildman–Crippen MR) is 56.8 cm³/mol. The molecular formula is C10H12N4. The van der Waals surface area contributed by atoms with Crippen molar-refractivity contribution in [2.45, 2.75) is 18.9 Å². The fraction of sp³-hybridized carbons (Fsp3) is 0.300. The lowest BCUT2D eigenvalue weighted by atomic mass is 10.3. The fourth-order valence-electron chi connectivity index (χ4n) is 1.87. The van der Waals surface area contributed by atoms with Crippen molar-refractivity contribution in [3.05, 3.63) is 18.2 Å². The molecule has 4 N–H and O–H groups in total. The first-order chi connectivity index (χ1) is 6.77. The Labute approximate surface area is 81.5 Å². The quantitative estimate of drug-likeness (QED) is 0.667. The summed E-state index contributed by atoms with van der Waals surface area (Å²) in [6.45, 7) is 0. The average Bonchev–Trinajstić information content (AvgIpc) is 2.91. The van der Waals surface area contributed by atoms with E-state index in [-0.39, 0.29) is 0 Å². The number of benzene rings is 1. The molecule has 1 fully saturated rings. The van der Waals surface area contributed by atoms with Gasteiger partial charge in [0.25, 0.3) is 0 Å². The maximum Gasteiger partial charge on any atom is 0.201 e. The van der Waals surface area contributed by atoms with Crippen LogP contribution in [-0.4, -0.2) is 9.55 Å². The molecule has 1 aromatic carbocycles. The van der Waals surface area contributed by atoms with Gasteiger partial charge in [-0.1, -0.05) is 6.07 Å².